The molecule has 1 fully saturated rings. The molecule has 0 saturated carbocycles. The number of hydrogen-bond donors (Lipinski definition) is 4. The summed E-state index contributed by atoms with van der Waals surface area (Å²) < 4.78 is 46.9. The maximum absolute atomic E-state index is 13.9. The Morgan fingerprint density at radius 3 is 2.35 bits per heavy atom. The number of nitrogens with zero attached hydrogens (tertiary/aromatic N) is 1. The number of amides is 2. The molecule has 182 valence electrons. The van der Waals surface area contributed by atoms with Gasteiger partial charge in [-0.3, -0.25) is 20.3 Å². The number of likely N-dealkylation sites (tertiary alicyclic amines) is 1. The number of methoxy groups -OCH3 is 1. The molecule has 1 saturated heterocycles. The smallest absolute Gasteiger partial charge is 0.416 e. The van der Waals surface area contributed by atoms with Crippen molar-refractivity contribution in [2.24, 2.45) is 5.73 Å². The quantitative estimate of drug-likeness (QED) is 0.388. The number of carbonyl (C=O) groups is 2. The van der Waals surface area contributed by atoms with Crippen LogP contribution in [0, 0.1) is 5.41 Å². The predicted octanol–water partition coefficient (Wildman–Crippen LogP) is 2.78. The third-order valence-electron chi connectivity index (χ3n) is 5.77. The van der Waals surface area contributed by atoms with Crippen molar-refractivity contribution in [2.45, 2.75) is 31.0 Å². The Hall–Kier alpha value is -3.60. The number of aliphatic hydroxyl groups is 1. The van der Waals surface area contributed by atoms with Crippen molar-refractivity contribution in [3.8, 4) is 5.75 Å². The van der Waals surface area contributed by atoms with Crippen LogP contribution in [-0.4, -0.2) is 48.0 Å². The Balaban J connectivity index is 1.84. The molecule has 0 bridgehead atoms. The van der Waals surface area contributed by atoms with Crippen LogP contribution in [-0.2, 0) is 11.0 Å². The summed E-state index contributed by atoms with van der Waals surface area (Å²) in [6.45, 7) is 0.333. The van der Waals surface area contributed by atoms with E-state index in [2.05, 4.69) is 0 Å². The normalized spacial score (nSPS) is 15.5. The summed E-state index contributed by atoms with van der Waals surface area (Å²) in [5, 5.41) is 19.5. The zero-order chi connectivity index (χ0) is 25.0. The van der Waals surface area contributed by atoms with Gasteiger partial charge in [0.2, 0.25) is 0 Å². The Kier molecular flexibility index (Phi) is 7.45. The van der Waals surface area contributed by atoms with Crippen molar-refractivity contribution in [3.63, 3.8) is 0 Å². The van der Waals surface area contributed by atoms with E-state index < -0.39 is 47.1 Å². The number of halogens is 3. The molecular formula is C23H25F3N4O4. The van der Waals surface area contributed by atoms with Crippen molar-refractivity contribution in [2.75, 3.05) is 20.2 Å². The monoisotopic (exact) mass is 478 g/mol. The first-order valence-corrected chi connectivity index (χ1v) is 10.5. The predicted molar refractivity (Wildman–Crippen MR) is 117 cm³/mol. The molecule has 5 N–H and O–H groups in total. The number of rotatable bonds is 5. The number of benzene rings is 2. The Morgan fingerprint density at radius 1 is 1.21 bits per heavy atom. The maximum Gasteiger partial charge on any atom is 0.416 e. The van der Waals surface area contributed by atoms with E-state index >= 15 is 0 Å². The molecule has 1 atom stereocenters. The number of guanidine groups is 1. The maximum atomic E-state index is 13.9. The molecule has 2 aromatic carbocycles. The molecule has 0 spiro atoms. The van der Waals surface area contributed by atoms with Gasteiger partial charge in [-0.15, -0.1) is 0 Å². The topological polar surface area (TPSA) is 129 Å². The molecule has 2 amide bonds. The molecule has 1 unspecified atom stereocenters. The zero-order valence-electron chi connectivity index (χ0n) is 18.4. The molecule has 0 aliphatic carbocycles. The number of nitrogens with one attached hydrogen (secondary N) is 2. The number of ether oxygens (including phenoxy) is 1. The third kappa shape index (κ3) is 5.48. The summed E-state index contributed by atoms with van der Waals surface area (Å²) >= 11 is 0. The molecule has 34 heavy (non-hydrogen) atoms. The van der Waals surface area contributed by atoms with E-state index in [-0.39, 0.29) is 37.2 Å². The molecule has 0 radical (unpaired) electrons. The highest BCUT2D eigenvalue weighted by atomic mass is 19.4. The van der Waals surface area contributed by atoms with Crippen LogP contribution in [0.4, 0.5) is 13.2 Å². The van der Waals surface area contributed by atoms with E-state index in [4.69, 9.17) is 15.9 Å². The zero-order valence-corrected chi connectivity index (χ0v) is 18.4. The summed E-state index contributed by atoms with van der Waals surface area (Å²) in [7, 11) is 1.23. The minimum Gasteiger partial charge on any atom is -0.496 e. The summed E-state index contributed by atoms with van der Waals surface area (Å²) in [6, 6.07) is 10.3. The van der Waals surface area contributed by atoms with Crippen molar-refractivity contribution >= 4 is 17.8 Å². The summed E-state index contributed by atoms with van der Waals surface area (Å²) in [5.74, 6) is -2.83. The van der Waals surface area contributed by atoms with Crippen LogP contribution < -0.4 is 15.8 Å². The lowest BCUT2D eigenvalue weighted by atomic mass is 9.85. The number of carbonyl (C=O) groups excluding carboxylic acids is 2. The summed E-state index contributed by atoms with van der Waals surface area (Å²) in [6.07, 6.45) is -5.62. The van der Waals surface area contributed by atoms with Gasteiger partial charge in [0.1, 0.15) is 5.75 Å². The van der Waals surface area contributed by atoms with Gasteiger partial charge in [-0.1, -0.05) is 30.3 Å². The van der Waals surface area contributed by atoms with E-state index in [1.807, 2.05) is 5.32 Å². The highest BCUT2D eigenvalue weighted by Gasteiger charge is 2.38. The van der Waals surface area contributed by atoms with Crippen LogP contribution in [0.5, 0.6) is 5.75 Å². The highest BCUT2D eigenvalue weighted by molar-refractivity contribution is 6.06. The van der Waals surface area contributed by atoms with Crippen LogP contribution in [0.25, 0.3) is 0 Å². The van der Waals surface area contributed by atoms with Crippen molar-refractivity contribution in [1.82, 2.24) is 10.2 Å². The molecule has 2 aromatic rings. The molecule has 11 heteroatoms. The van der Waals surface area contributed by atoms with Crippen LogP contribution in [0.2, 0.25) is 0 Å². The van der Waals surface area contributed by atoms with Gasteiger partial charge in [0.25, 0.3) is 11.8 Å². The van der Waals surface area contributed by atoms with Crippen molar-refractivity contribution < 1.29 is 32.6 Å². The van der Waals surface area contributed by atoms with E-state index in [0.29, 0.717) is 11.6 Å². The van der Waals surface area contributed by atoms with Crippen molar-refractivity contribution in [3.05, 3.63) is 64.7 Å². The molecular weight excluding hydrogens is 453 g/mol. The number of nitrogens with two attached hydrogens (primary N) is 1. The number of aliphatic hydroxyl groups excluding tert-OH is 1. The summed E-state index contributed by atoms with van der Waals surface area (Å²) in [4.78, 5) is 26.4. The third-order valence-corrected chi connectivity index (χ3v) is 5.77. The fourth-order valence-corrected chi connectivity index (χ4v) is 4.08. The molecule has 3 rings (SSSR count). The van der Waals surface area contributed by atoms with Gasteiger partial charge in [-0.2, -0.15) is 13.2 Å². The Bertz CT molecular complexity index is 1070. The average molecular weight is 478 g/mol. The Labute approximate surface area is 194 Å². The second kappa shape index (κ2) is 10.1. The fraction of sp³-hybridized carbons (Fsp3) is 0.348. The second-order valence-electron chi connectivity index (χ2n) is 7.92. The van der Waals surface area contributed by atoms with Gasteiger partial charge < -0.3 is 20.5 Å². The first-order chi connectivity index (χ1) is 16.0. The molecule has 0 aromatic heterocycles. The minimum absolute atomic E-state index is 0.0422. The fourth-order valence-electron chi connectivity index (χ4n) is 4.08. The van der Waals surface area contributed by atoms with Crippen LogP contribution in [0.1, 0.15) is 51.9 Å². The lowest BCUT2D eigenvalue weighted by molar-refractivity contribution is -0.142. The van der Waals surface area contributed by atoms with Crippen LogP contribution >= 0.6 is 0 Å². The lowest BCUT2D eigenvalue weighted by Crippen LogP contribution is -2.41. The highest BCUT2D eigenvalue weighted by Crippen LogP contribution is 2.42. The van der Waals surface area contributed by atoms with Gasteiger partial charge >= 0.3 is 6.18 Å². The van der Waals surface area contributed by atoms with Crippen molar-refractivity contribution in [1.29, 1.82) is 5.41 Å². The van der Waals surface area contributed by atoms with Gasteiger partial charge in [0.15, 0.2) is 12.1 Å². The molecule has 1 aliphatic rings. The van der Waals surface area contributed by atoms with E-state index in [1.54, 1.807) is 30.3 Å². The van der Waals surface area contributed by atoms with Crippen LogP contribution in [0.15, 0.2) is 42.5 Å². The minimum atomic E-state index is -4.75. The van der Waals surface area contributed by atoms with E-state index in [9.17, 15) is 27.9 Å². The van der Waals surface area contributed by atoms with E-state index in [0.717, 1.165) is 0 Å². The second-order valence-corrected chi connectivity index (χ2v) is 7.92. The number of alkyl halides is 3. The largest absolute Gasteiger partial charge is 0.496 e. The van der Waals surface area contributed by atoms with Gasteiger partial charge in [0, 0.05) is 13.1 Å². The van der Waals surface area contributed by atoms with Gasteiger partial charge in [-0.05, 0) is 42.0 Å². The average Bonchev–Trinajstić information content (AvgIpc) is 2.81. The van der Waals surface area contributed by atoms with E-state index in [1.165, 1.54) is 18.1 Å². The first kappa shape index (κ1) is 25.0. The van der Waals surface area contributed by atoms with Gasteiger partial charge in [-0.25, -0.2) is 0 Å². The standard InChI is InChI=1S/C23H25F3N4O4/c1-34-18-12-15(17(23(24,25)26)11-16(18)20(32)29-22(27)28)13-7-9-30(10-8-13)21(33)19(31)14-5-3-2-4-6-14/h2-6,11-13,19,31H,7-10H2,1H3,(H4,27,28,29,32). The SMILES string of the molecule is COc1cc(C2CCN(C(=O)C(O)c3ccccc3)CC2)c(C(F)(F)F)cc1C(=O)NC(=N)N. The number of hydrogen-bond acceptors (Lipinski definition) is 5. The molecule has 1 heterocycles. The van der Waals surface area contributed by atoms with Crippen LogP contribution in [0.3, 0.4) is 0 Å². The molecule has 8 nitrogen and oxygen atoms in total. The number of piperidine rings is 1. The van der Waals surface area contributed by atoms with Gasteiger partial charge in [0.05, 0.1) is 18.2 Å². The Morgan fingerprint density at radius 2 is 1.82 bits per heavy atom. The summed E-state index contributed by atoms with van der Waals surface area (Å²) in [5.41, 5.74) is 4.14. The lowest BCUT2D eigenvalue weighted by Gasteiger charge is -2.34. The molecule has 1 aliphatic heterocycles. The first-order valence-electron chi connectivity index (χ1n) is 10.5.